The molecule has 15 heavy (non-hydrogen) atoms. The molecule has 0 radical (unpaired) electrons. The molecular weight excluding hydrogens is 195 g/mol. The Labute approximate surface area is 88.7 Å². The van der Waals surface area contributed by atoms with E-state index in [1.54, 1.807) is 26.2 Å². The summed E-state index contributed by atoms with van der Waals surface area (Å²) < 4.78 is 18.9. The van der Waals surface area contributed by atoms with E-state index in [1.807, 2.05) is 0 Å². The largest absolute Gasteiger partial charge is 0.497 e. The maximum atomic E-state index is 13.8. The minimum absolute atomic E-state index is 0.307. The van der Waals surface area contributed by atoms with E-state index >= 15 is 0 Å². The molecule has 82 valence electrons. The van der Waals surface area contributed by atoms with Gasteiger partial charge in [0.05, 0.1) is 12.7 Å². The van der Waals surface area contributed by atoms with Crippen LogP contribution in [0.15, 0.2) is 12.1 Å². The van der Waals surface area contributed by atoms with Crippen LogP contribution in [-0.4, -0.2) is 12.2 Å². The molecule has 2 nitrogen and oxygen atoms in total. The van der Waals surface area contributed by atoms with Gasteiger partial charge in [0, 0.05) is 5.56 Å². The molecule has 1 aromatic carbocycles. The van der Waals surface area contributed by atoms with Crippen LogP contribution in [0.25, 0.3) is 0 Å². The fourth-order valence-electron chi connectivity index (χ4n) is 1.97. The van der Waals surface area contributed by atoms with Crippen LogP contribution < -0.4 is 4.74 Å². The third-order valence-electron chi connectivity index (χ3n) is 3.15. The lowest BCUT2D eigenvalue weighted by atomic mass is 9.74. The number of hydrogen-bond acceptors (Lipinski definition) is 2. The van der Waals surface area contributed by atoms with Crippen LogP contribution in [0.3, 0.4) is 0 Å². The normalized spacial score (nSPS) is 18.4. The Morgan fingerprint density at radius 1 is 1.40 bits per heavy atom. The summed E-state index contributed by atoms with van der Waals surface area (Å²) in [6.07, 6.45) is 2.22. The van der Waals surface area contributed by atoms with Gasteiger partial charge in [0.1, 0.15) is 11.6 Å². The van der Waals surface area contributed by atoms with Crippen LogP contribution >= 0.6 is 0 Å². The quantitative estimate of drug-likeness (QED) is 0.812. The summed E-state index contributed by atoms with van der Waals surface area (Å²) in [5, 5.41) is 10.1. The first-order valence-electron chi connectivity index (χ1n) is 5.14. The average molecular weight is 210 g/mol. The van der Waals surface area contributed by atoms with Crippen LogP contribution in [0.4, 0.5) is 4.39 Å². The van der Waals surface area contributed by atoms with E-state index in [2.05, 4.69) is 0 Å². The summed E-state index contributed by atoms with van der Waals surface area (Å²) in [7, 11) is 1.54. The van der Waals surface area contributed by atoms with Crippen molar-refractivity contribution in [2.45, 2.75) is 31.8 Å². The smallest absolute Gasteiger partial charge is 0.132 e. The van der Waals surface area contributed by atoms with Crippen molar-refractivity contribution in [3.63, 3.8) is 0 Å². The van der Waals surface area contributed by atoms with Crippen LogP contribution in [0.1, 0.15) is 30.4 Å². The maximum absolute atomic E-state index is 13.8. The van der Waals surface area contributed by atoms with Gasteiger partial charge < -0.3 is 9.84 Å². The number of ether oxygens (including phenoxy) is 1. The van der Waals surface area contributed by atoms with E-state index in [9.17, 15) is 9.50 Å². The minimum Gasteiger partial charge on any atom is -0.497 e. The molecule has 3 heteroatoms. The van der Waals surface area contributed by atoms with Gasteiger partial charge in [-0.25, -0.2) is 4.39 Å². The maximum Gasteiger partial charge on any atom is 0.132 e. The summed E-state index contributed by atoms with van der Waals surface area (Å²) in [4.78, 5) is 0. The predicted octanol–water partition coefficient (Wildman–Crippen LogP) is 2.51. The van der Waals surface area contributed by atoms with E-state index in [0.717, 1.165) is 6.42 Å². The first-order chi connectivity index (χ1) is 7.07. The van der Waals surface area contributed by atoms with Gasteiger partial charge in [0.15, 0.2) is 0 Å². The molecule has 0 atom stereocenters. The molecule has 0 saturated heterocycles. The summed E-state index contributed by atoms with van der Waals surface area (Å²) in [5.74, 6) is 0.294. The highest BCUT2D eigenvalue weighted by Gasteiger charge is 2.39. The Morgan fingerprint density at radius 3 is 2.53 bits per heavy atom. The van der Waals surface area contributed by atoms with Crippen LogP contribution in [0.2, 0.25) is 0 Å². The average Bonchev–Trinajstić information content (AvgIpc) is 2.18. The van der Waals surface area contributed by atoms with Gasteiger partial charge in [-0.1, -0.05) is 0 Å². The van der Waals surface area contributed by atoms with Crippen LogP contribution in [0.5, 0.6) is 5.75 Å². The van der Waals surface area contributed by atoms with Gasteiger partial charge in [-0.2, -0.15) is 0 Å². The lowest BCUT2D eigenvalue weighted by molar-refractivity contribution is -0.0418. The Balaban J connectivity index is 2.49. The molecule has 1 saturated carbocycles. The van der Waals surface area contributed by atoms with E-state index in [-0.39, 0.29) is 5.82 Å². The molecule has 1 aliphatic rings. The molecule has 0 spiro atoms. The second-order valence-electron chi connectivity index (χ2n) is 4.19. The van der Waals surface area contributed by atoms with Crippen molar-refractivity contribution in [2.24, 2.45) is 0 Å². The third-order valence-corrected chi connectivity index (χ3v) is 3.15. The zero-order valence-corrected chi connectivity index (χ0v) is 9.01. The highest BCUT2D eigenvalue weighted by molar-refractivity contribution is 5.39. The first kappa shape index (κ1) is 10.4. The lowest BCUT2D eigenvalue weighted by Crippen LogP contribution is -2.34. The Bertz CT molecular complexity index is 383. The standard InChI is InChI=1S/C12H15FO2/c1-8-6-9(15-2)7-10(11(8)13)12(14)4-3-5-12/h6-7,14H,3-5H2,1-2H3. The Hall–Kier alpha value is -1.09. The Morgan fingerprint density at radius 2 is 2.07 bits per heavy atom. The van der Waals surface area contributed by atoms with E-state index in [1.165, 1.54) is 0 Å². The molecule has 0 aliphatic heterocycles. The number of aliphatic hydroxyl groups is 1. The van der Waals surface area contributed by atoms with Gasteiger partial charge in [-0.05, 0) is 43.9 Å². The van der Waals surface area contributed by atoms with Crippen molar-refractivity contribution < 1.29 is 14.2 Å². The fourth-order valence-corrected chi connectivity index (χ4v) is 1.97. The van der Waals surface area contributed by atoms with E-state index in [4.69, 9.17) is 4.74 Å². The molecule has 0 unspecified atom stereocenters. The molecule has 0 amide bonds. The molecule has 1 aromatic rings. The summed E-state index contributed by atoms with van der Waals surface area (Å²) in [5.41, 5.74) is -0.0705. The molecule has 0 heterocycles. The molecule has 0 bridgehead atoms. The highest BCUT2D eigenvalue weighted by Crippen LogP contribution is 2.43. The summed E-state index contributed by atoms with van der Waals surface area (Å²) in [6, 6.07) is 3.24. The first-order valence-corrected chi connectivity index (χ1v) is 5.14. The Kier molecular flexibility index (Phi) is 2.43. The van der Waals surface area contributed by atoms with Crippen molar-refractivity contribution in [3.05, 3.63) is 29.1 Å². The van der Waals surface area contributed by atoms with Crippen LogP contribution in [0, 0.1) is 12.7 Å². The molecule has 2 rings (SSSR count). The zero-order chi connectivity index (χ0) is 11.1. The molecule has 1 N–H and O–H groups in total. The summed E-state index contributed by atoms with van der Waals surface area (Å²) in [6.45, 7) is 1.68. The second kappa shape index (κ2) is 3.49. The fraction of sp³-hybridized carbons (Fsp3) is 0.500. The number of aryl methyl sites for hydroxylation is 1. The topological polar surface area (TPSA) is 29.5 Å². The number of methoxy groups -OCH3 is 1. The van der Waals surface area contributed by atoms with Crippen molar-refractivity contribution >= 4 is 0 Å². The van der Waals surface area contributed by atoms with Gasteiger partial charge >= 0.3 is 0 Å². The van der Waals surface area contributed by atoms with Gasteiger partial charge in [0.25, 0.3) is 0 Å². The van der Waals surface area contributed by atoms with Gasteiger partial charge in [-0.3, -0.25) is 0 Å². The lowest BCUT2D eigenvalue weighted by Gasteiger charge is -2.37. The van der Waals surface area contributed by atoms with Crippen LogP contribution in [-0.2, 0) is 5.60 Å². The molecule has 1 fully saturated rings. The SMILES string of the molecule is COc1cc(C)c(F)c(C2(O)CCC2)c1. The number of benzene rings is 1. The number of rotatable bonds is 2. The summed E-state index contributed by atoms with van der Waals surface area (Å²) >= 11 is 0. The number of halogens is 1. The third kappa shape index (κ3) is 1.61. The van der Waals surface area contributed by atoms with Crippen molar-refractivity contribution in [3.8, 4) is 5.75 Å². The zero-order valence-electron chi connectivity index (χ0n) is 9.01. The monoisotopic (exact) mass is 210 g/mol. The highest BCUT2D eigenvalue weighted by atomic mass is 19.1. The second-order valence-corrected chi connectivity index (χ2v) is 4.19. The predicted molar refractivity (Wildman–Crippen MR) is 55.4 cm³/mol. The van der Waals surface area contributed by atoms with Crippen molar-refractivity contribution in [1.29, 1.82) is 0 Å². The van der Waals surface area contributed by atoms with Crippen molar-refractivity contribution in [1.82, 2.24) is 0 Å². The van der Waals surface area contributed by atoms with Gasteiger partial charge in [-0.15, -0.1) is 0 Å². The number of hydrogen-bond donors (Lipinski definition) is 1. The van der Waals surface area contributed by atoms with E-state index < -0.39 is 5.60 Å². The molecule has 0 aromatic heterocycles. The molecular formula is C12H15FO2. The van der Waals surface area contributed by atoms with Crippen molar-refractivity contribution in [2.75, 3.05) is 7.11 Å². The van der Waals surface area contributed by atoms with Gasteiger partial charge in [0.2, 0.25) is 0 Å². The minimum atomic E-state index is -0.969. The van der Waals surface area contributed by atoms with E-state index in [0.29, 0.717) is 29.7 Å². The molecule has 1 aliphatic carbocycles.